The lowest BCUT2D eigenvalue weighted by molar-refractivity contribution is -0.115. The van der Waals surface area contributed by atoms with E-state index in [2.05, 4.69) is 16.4 Å². The Kier molecular flexibility index (Phi) is 7.53. The molecule has 1 saturated heterocycles. The van der Waals surface area contributed by atoms with Gasteiger partial charge in [0, 0.05) is 25.3 Å². The maximum Gasteiger partial charge on any atom is 0.243 e. The molecule has 0 bridgehead atoms. The number of sulfonamides is 1. The zero-order chi connectivity index (χ0) is 24.1. The number of rotatable bonds is 8. The topological polar surface area (TPSA) is 117 Å². The lowest BCUT2D eigenvalue weighted by atomic mass is 10.3. The zero-order valence-corrected chi connectivity index (χ0v) is 20.3. The summed E-state index contributed by atoms with van der Waals surface area (Å²) in [5, 5.41) is 12.1. The highest BCUT2D eigenvalue weighted by Gasteiger charge is 2.26. The van der Waals surface area contributed by atoms with Crippen molar-refractivity contribution in [1.82, 2.24) is 13.9 Å². The summed E-state index contributed by atoms with van der Waals surface area (Å²) in [4.78, 5) is 17.6. The average Bonchev–Trinajstić information content (AvgIpc) is 3.20. The van der Waals surface area contributed by atoms with Crippen LogP contribution in [0.3, 0.4) is 0 Å². The molecule has 1 fully saturated rings. The van der Waals surface area contributed by atoms with Crippen molar-refractivity contribution in [2.45, 2.75) is 35.2 Å². The van der Waals surface area contributed by atoms with Crippen molar-refractivity contribution in [2.75, 3.05) is 31.6 Å². The highest BCUT2D eigenvalue weighted by molar-refractivity contribution is 8.00. The van der Waals surface area contributed by atoms with E-state index in [0.29, 0.717) is 50.1 Å². The first-order valence-electron chi connectivity index (χ1n) is 10.9. The van der Waals surface area contributed by atoms with Crippen LogP contribution in [0.5, 0.6) is 0 Å². The summed E-state index contributed by atoms with van der Waals surface area (Å²) in [7, 11) is -3.59. The second-order valence-corrected chi connectivity index (χ2v) is 11.0. The van der Waals surface area contributed by atoms with Gasteiger partial charge in [-0.1, -0.05) is 23.9 Å². The van der Waals surface area contributed by atoms with Crippen molar-refractivity contribution in [2.24, 2.45) is 0 Å². The van der Waals surface area contributed by atoms with E-state index in [1.165, 1.54) is 28.2 Å². The molecule has 1 N–H and O–H groups in total. The number of nitrogens with one attached hydrogen (secondary N) is 1. The summed E-state index contributed by atoms with van der Waals surface area (Å²) in [5.41, 5.74) is 2.24. The highest BCUT2D eigenvalue weighted by Crippen LogP contribution is 2.28. The van der Waals surface area contributed by atoms with Crippen molar-refractivity contribution < 1.29 is 17.9 Å². The third kappa shape index (κ3) is 5.26. The lowest BCUT2D eigenvalue weighted by Crippen LogP contribution is -2.40. The predicted octanol–water partition coefficient (Wildman–Crippen LogP) is 3.09. The van der Waals surface area contributed by atoms with Crippen LogP contribution in [0.15, 0.2) is 58.6 Å². The normalized spacial score (nSPS) is 15.6. The molecular weight excluding hydrogens is 474 g/mol. The van der Waals surface area contributed by atoms with Crippen LogP contribution in [-0.2, 0) is 26.1 Å². The Morgan fingerprint density at radius 1 is 1.21 bits per heavy atom. The molecule has 1 aliphatic heterocycles. The van der Waals surface area contributed by atoms with Gasteiger partial charge in [-0.05, 0) is 43.3 Å². The Bertz CT molecular complexity index is 1310. The molecule has 0 aliphatic carbocycles. The second kappa shape index (κ2) is 10.6. The molecule has 1 aromatic heterocycles. The van der Waals surface area contributed by atoms with Gasteiger partial charge in [0.25, 0.3) is 0 Å². The number of anilines is 1. The molecule has 4 rings (SSSR count). The first-order chi connectivity index (χ1) is 16.4. The molecule has 178 valence electrons. The van der Waals surface area contributed by atoms with Crippen molar-refractivity contribution >= 4 is 44.4 Å². The second-order valence-electron chi connectivity index (χ2n) is 7.73. The number of amides is 1. The Labute approximate surface area is 202 Å². The fraction of sp³-hybridized carbons (Fsp3) is 0.348. The first-order valence-corrected chi connectivity index (χ1v) is 13.2. The zero-order valence-electron chi connectivity index (χ0n) is 18.7. The fourth-order valence-electron chi connectivity index (χ4n) is 3.62. The van der Waals surface area contributed by atoms with E-state index in [0.717, 1.165) is 11.0 Å². The smallest absolute Gasteiger partial charge is 0.243 e. The van der Waals surface area contributed by atoms with E-state index >= 15 is 0 Å². The Morgan fingerprint density at radius 2 is 1.91 bits per heavy atom. The number of fused-ring (bicyclic) bond motifs is 1. The van der Waals surface area contributed by atoms with Gasteiger partial charge in [-0.3, -0.25) is 4.79 Å². The van der Waals surface area contributed by atoms with Gasteiger partial charge in [0.2, 0.25) is 15.9 Å². The maximum absolute atomic E-state index is 12.8. The van der Waals surface area contributed by atoms with Crippen LogP contribution in [0, 0.1) is 11.3 Å². The molecule has 1 amide bonds. The molecule has 11 heteroatoms. The number of morpholine rings is 1. The molecule has 0 unspecified atom stereocenters. The molecular formula is C23H25N5O4S2. The number of benzene rings is 2. The Balaban J connectivity index is 1.44. The Hall–Kier alpha value is -2.91. The molecule has 3 aromatic rings. The minimum Gasteiger partial charge on any atom is -0.379 e. The Morgan fingerprint density at radius 3 is 2.62 bits per heavy atom. The van der Waals surface area contributed by atoms with Crippen molar-refractivity contribution in [3.05, 3.63) is 48.5 Å². The highest BCUT2D eigenvalue weighted by atomic mass is 32.2. The fourth-order valence-corrected chi connectivity index (χ4v) is 5.98. The minimum absolute atomic E-state index is 0.182. The number of ether oxygens (including phenoxy) is 1. The van der Waals surface area contributed by atoms with Crippen molar-refractivity contribution in [3.63, 3.8) is 0 Å². The number of carbonyl (C=O) groups excluding carboxylic acids is 1. The van der Waals surface area contributed by atoms with E-state index in [9.17, 15) is 13.2 Å². The van der Waals surface area contributed by atoms with Crippen molar-refractivity contribution in [1.29, 1.82) is 5.26 Å². The van der Waals surface area contributed by atoms with Gasteiger partial charge in [0.15, 0.2) is 5.16 Å². The summed E-state index contributed by atoms with van der Waals surface area (Å²) >= 11 is 1.32. The number of nitriles is 1. The van der Waals surface area contributed by atoms with Crippen LogP contribution in [0.25, 0.3) is 11.0 Å². The SMILES string of the molecule is C[C@H](Sc1nc2ccccc2n1CCC#N)C(=O)Nc1ccc(S(=O)(=O)N2CCOCC2)cc1. The molecule has 0 spiro atoms. The number of para-hydroxylation sites is 2. The maximum atomic E-state index is 12.8. The van der Waals surface area contributed by atoms with Crippen LogP contribution in [0.2, 0.25) is 0 Å². The number of hydrogen-bond acceptors (Lipinski definition) is 7. The molecule has 0 saturated carbocycles. The molecule has 2 heterocycles. The van der Waals surface area contributed by atoms with Gasteiger partial charge in [-0.25, -0.2) is 13.4 Å². The average molecular weight is 500 g/mol. The standard InChI is InChI=1S/C23H25N5O4S2/c1-17(33-23-26-20-5-2-3-6-21(20)28(23)12-4-11-24)22(29)25-18-7-9-19(10-8-18)34(30,31)27-13-15-32-16-14-27/h2-3,5-10,17H,4,12-16H2,1H3,(H,25,29)/t17-/m0/s1. The number of aromatic nitrogens is 2. The van der Waals surface area contributed by atoms with Crippen LogP contribution >= 0.6 is 11.8 Å². The van der Waals surface area contributed by atoms with Crippen molar-refractivity contribution in [3.8, 4) is 6.07 Å². The molecule has 9 nitrogen and oxygen atoms in total. The first kappa shape index (κ1) is 24.2. The van der Waals surface area contributed by atoms with E-state index in [-0.39, 0.29) is 10.8 Å². The monoisotopic (exact) mass is 499 g/mol. The number of imidazole rings is 1. The number of carbonyl (C=O) groups is 1. The molecule has 0 radical (unpaired) electrons. The van der Waals surface area contributed by atoms with Crippen LogP contribution in [0.1, 0.15) is 13.3 Å². The number of thioether (sulfide) groups is 1. The predicted molar refractivity (Wildman–Crippen MR) is 130 cm³/mol. The van der Waals surface area contributed by atoms with Gasteiger partial charge < -0.3 is 14.6 Å². The lowest BCUT2D eigenvalue weighted by Gasteiger charge is -2.26. The van der Waals surface area contributed by atoms with Crippen LogP contribution < -0.4 is 5.32 Å². The van der Waals surface area contributed by atoms with Gasteiger partial charge in [-0.2, -0.15) is 9.57 Å². The molecule has 1 atom stereocenters. The third-order valence-corrected chi connectivity index (χ3v) is 8.45. The largest absolute Gasteiger partial charge is 0.379 e. The number of aryl methyl sites for hydroxylation is 1. The molecule has 34 heavy (non-hydrogen) atoms. The number of nitrogens with zero attached hydrogens (tertiary/aromatic N) is 4. The summed E-state index contributed by atoms with van der Waals surface area (Å²) in [6.07, 6.45) is 0.341. The van der Waals surface area contributed by atoms with Gasteiger partial charge in [0.1, 0.15) is 0 Å². The summed E-state index contributed by atoms with van der Waals surface area (Å²) < 4.78 is 34.1. The molecule has 2 aromatic carbocycles. The van der Waals surface area contributed by atoms with E-state index in [1.54, 1.807) is 19.1 Å². The number of hydrogen-bond donors (Lipinski definition) is 1. The van der Waals surface area contributed by atoms with E-state index in [4.69, 9.17) is 10.00 Å². The summed E-state index contributed by atoms with van der Waals surface area (Å²) in [5.74, 6) is -0.229. The van der Waals surface area contributed by atoms with Gasteiger partial charge in [-0.15, -0.1) is 0 Å². The van der Waals surface area contributed by atoms with E-state index < -0.39 is 15.3 Å². The quantitative estimate of drug-likeness (QED) is 0.473. The molecule has 1 aliphatic rings. The van der Waals surface area contributed by atoms with Gasteiger partial charge in [0.05, 0.1) is 46.9 Å². The minimum atomic E-state index is -3.59. The van der Waals surface area contributed by atoms with E-state index in [1.807, 2.05) is 28.8 Å². The third-order valence-electron chi connectivity index (χ3n) is 5.45. The summed E-state index contributed by atoms with van der Waals surface area (Å²) in [6, 6.07) is 16.0. The summed E-state index contributed by atoms with van der Waals surface area (Å²) in [6.45, 7) is 3.70. The van der Waals surface area contributed by atoms with Crippen LogP contribution in [-0.4, -0.2) is 59.7 Å². The van der Waals surface area contributed by atoms with Gasteiger partial charge >= 0.3 is 0 Å². The van der Waals surface area contributed by atoms with Crippen LogP contribution in [0.4, 0.5) is 5.69 Å².